The number of terminal acetylenes is 1. The van der Waals surface area contributed by atoms with Crippen molar-refractivity contribution >= 4 is 23.2 Å². The maximum absolute atomic E-state index is 13.2. The molecule has 0 spiro atoms. The molecule has 0 aliphatic carbocycles. The van der Waals surface area contributed by atoms with E-state index in [0.29, 0.717) is 17.1 Å². The molecule has 0 aliphatic rings. The van der Waals surface area contributed by atoms with Crippen molar-refractivity contribution in [1.29, 1.82) is 0 Å². The van der Waals surface area contributed by atoms with Gasteiger partial charge in [0.15, 0.2) is 0 Å². The topological polar surface area (TPSA) is 12.0 Å². The molecular formula is C11H10Cl2FN. The number of nitrogens with one attached hydrogen (secondary N) is 1. The van der Waals surface area contributed by atoms with Gasteiger partial charge in [-0.2, -0.15) is 0 Å². The van der Waals surface area contributed by atoms with Gasteiger partial charge in [0.25, 0.3) is 0 Å². The fourth-order valence-electron chi connectivity index (χ4n) is 1.25. The molecule has 80 valence electrons. The predicted molar refractivity (Wildman–Crippen MR) is 61.7 cm³/mol. The molecule has 0 fully saturated rings. The number of hydrogen-bond donors (Lipinski definition) is 1. The Morgan fingerprint density at radius 1 is 1.53 bits per heavy atom. The van der Waals surface area contributed by atoms with E-state index in [-0.39, 0.29) is 11.1 Å². The van der Waals surface area contributed by atoms with E-state index in [9.17, 15) is 4.39 Å². The van der Waals surface area contributed by atoms with Crippen LogP contribution >= 0.6 is 23.2 Å². The number of rotatable bonds is 3. The van der Waals surface area contributed by atoms with E-state index in [4.69, 9.17) is 29.6 Å². The molecule has 1 atom stereocenters. The summed E-state index contributed by atoms with van der Waals surface area (Å²) in [5.74, 6) is 1.95. The second kappa shape index (κ2) is 5.37. The third-order valence-corrected chi connectivity index (χ3v) is 2.74. The van der Waals surface area contributed by atoms with Crippen LogP contribution in [0.3, 0.4) is 0 Å². The molecule has 0 radical (unpaired) electrons. The molecule has 0 heterocycles. The Morgan fingerprint density at radius 3 is 2.80 bits per heavy atom. The molecule has 0 amide bonds. The molecule has 1 rings (SSSR count). The standard InChI is InChI=1S/C11H10Cl2FN/c1-3-6-15-7(2)10-8(12)4-5-9(14)11(10)13/h1,4-5,7,15H,6H2,2H3. The maximum Gasteiger partial charge on any atom is 0.142 e. The number of hydrogen-bond acceptors (Lipinski definition) is 1. The lowest BCUT2D eigenvalue weighted by atomic mass is 10.1. The van der Waals surface area contributed by atoms with Gasteiger partial charge in [-0.15, -0.1) is 6.42 Å². The summed E-state index contributed by atoms with van der Waals surface area (Å²) in [7, 11) is 0. The van der Waals surface area contributed by atoms with Crippen LogP contribution in [0.25, 0.3) is 0 Å². The molecule has 0 aliphatic heterocycles. The van der Waals surface area contributed by atoms with Gasteiger partial charge in [-0.25, -0.2) is 4.39 Å². The van der Waals surface area contributed by atoms with Gasteiger partial charge < -0.3 is 0 Å². The Kier molecular flexibility index (Phi) is 4.41. The highest BCUT2D eigenvalue weighted by Gasteiger charge is 2.15. The van der Waals surface area contributed by atoms with Crippen molar-refractivity contribution in [2.75, 3.05) is 6.54 Å². The largest absolute Gasteiger partial charge is 0.299 e. The summed E-state index contributed by atoms with van der Waals surface area (Å²) in [6.45, 7) is 2.20. The van der Waals surface area contributed by atoms with Crippen molar-refractivity contribution < 1.29 is 4.39 Å². The average Bonchev–Trinajstić information content (AvgIpc) is 2.21. The molecule has 0 bridgehead atoms. The Labute approximate surface area is 98.6 Å². The summed E-state index contributed by atoms with van der Waals surface area (Å²) in [6.07, 6.45) is 5.11. The lowest BCUT2D eigenvalue weighted by Crippen LogP contribution is -2.19. The minimum atomic E-state index is -0.481. The van der Waals surface area contributed by atoms with Gasteiger partial charge in [0.1, 0.15) is 5.82 Å². The summed E-state index contributed by atoms with van der Waals surface area (Å²) in [5.41, 5.74) is 0.536. The molecule has 0 aromatic heterocycles. The molecule has 1 aromatic carbocycles. The highest BCUT2D eigenvalue weighted by Crippen LogP contribution is 2.32. The molecule has 1 nitrogen and oxygen atoms in total. The first-order valence-electron chi connectivity index (χ1n) is 4.38. The van der Waals surface area contributed by atoms with Crippen molar-refractivity contribution in [2.24, 2.45) is 0 Å². The molecular weight excluding hydrogens is 236 g/mol. The third kappa shape index (κ3) is 2.85. The minimum Gasteiger partial charge on any atom is -0.299 e. The van der Waals surface area contributed by atoms with Gasteiger partial charge in [0, 0.05) is 16.6 Å². The van der Waals surface area contributed by atoms with Gasteiger partial charge in [0.05, 0.1) is 11.6 Å². The molecule has 0 saturated carbocycles. The quantitative estimate of drug-likeness (QED) is 0.636. The van der Waals surface area contributed by atoms with Gasteiger partial charge in [0.2, 0.25) is 0 Å². The summed E-state index contributed by atoms with van der Waals surface area (Å²) in [6, 6.07) is 2.53. The van der Waals surface area contributed by atoms with E-state index < -0.39 is 5.82 Å². The van der Waals surface area contributed by atoms with Gasteiger partial charge in [-0.3, -0.25) is 5.32 Å². The van der Waals surface area contributed by atoms with Crippen molar-refractivity contribution in [3.8, 4) is 12.3 Å². The van der Waals surface area contributed by atoms with Gasteiger partial charge in [-0.05, 0) is 19.1 Å². The second-order valence-electron chi connectivity index (χ2n) is 3.06. The van der Waals surface area contributed by atoms with E-state index in [1.807, 2.05) is 6.92 Å². The van der Waals surface area contributed by atoms with Gasteiger partial charge >= 0.3 is 0 Å². The fourth-order valence-corrected chi connectivity index (χ4v) is 1.95. The fraction of sp³-hybridized carbons (Fsp3) is 0.273. The Hall–Kier alpha value is -0.750. The zero-order valence-corrected chi connectivity index (χ0v) is 9.66. The number of halogens is 3. The summed E-state index contributed by atoms with van der Waals surface area (Å²) in [5, 5.41) is 3.46. The Bertz CT molecular complexity index is 398. The minimum absolute atomic E-state index is 0.0412. The van der Waals surface area contributed by atoms with E-state index >= 15 is 0 Å². The molecule has 1 aromatic rings. The molecule has 4 heteroatoms. The monoisotopic (exact) mass is 245 g/mol. The van der Waals surface area contributed by atoms with Gasteiger partial charge in [-0.1, -0.05) is 29.1 Å². The van der Waals surface area contributed by atoms with E-state index in [1.165, 1.54) is 12.1 Å². The van der Waals surface area contributed by atoms with Crippen LogP contribution in [0.2, 0.25) is 10.0 Å². The first-order chi connectivity index (χ1) is 7.07. The smallest absolute Gasteiger partial charge is 0.142 e. The summed E-state index contributed by atoms with van der Waals surface area (Å²) in [4.78, 5) is 0. The SMILES string of the molecule is C#CCNC(C)c1c(Cl)ccc(F)c1Cl. The van der Waals surface area contributed by atoms with Crippen LogP contribution in [0.15, 0.2) is 12.1 Å². The Morgan fingerprint density at radius 2 is 2.20 bits per heavy atom. The van der Waals surface area contributed by atoms with Crippen molar-refractivity contribution in [1.82, 2.24) is 5.32 Å². The highest BCUT2D eigenvalue weighted by atomic mass is 35.5. The maximum atomic E-state index is 13.2. The van der Waals surface area contributed by atoms with Crippen LogP contribution in [-0.2, 0) is 0 Å². The highest BCUT2D eigenvalue weighted by molar-refractivity contribution is 6.36. The number of benzene rings is 1. The lowest BCUT2D eigenvalue weighted by molar-refractivity contribution is 0.598. The van der Waals surface area contributed by atoms with Crippen LogP contribution in [0, 0.1) is 18.2 Å². The van der Waals surface area contributed by atoms with E-state index in [2.05, 4.69) is 11.2 Å². The average molecular weight is 246 g/mol. The normalized spacial score (nSPS) is 12.2. The van der Waals surface area contributed by atoms with Crippen LogP contribution in [0.5, 0.6) is 0 Å². The first-order valence-corrected chi connectivity index (χ1v) is 5.13. The third-order valence-electron chi connectivity index (χ3n) is 2.02. The van der Waals surface area contributed by atoms with Crippen LogP contribution < -0.4 is 5.32 Å². The van der Waals surface area contributed by atoms with Crippen molar-refractivity contribution in [3.63, 3.8) is 0 Å². The van der Waals surface area contributed by atoms with Crippen molar-refractivity contribution in [2.45, 2.75) is 13.0 Å². The van der Waals surface area contributed by atoms with E-state index in [0.717, 1.165) is 0 Å². The zero-order valence-electron chi connectivity index (χ0n) is 8.15. The van der Waals surface area contributed by atoms with Crippen molar-refractivity contribution in [3.05, 3.63) is 33.6 Å². The summed E-state index contributed by atoms with van der Waals surface area (Å²) < 4.78 is 13.2. The van der Waals surface area contributed by atoms with E-state index in [1.54, 1.807) is 0 Å². The van der Waals surface area contributed by atoms with Crippen LogP contribution in [-0.4, -0.2) is 6.54 Å². The van der Waals surface area contributed by atoms with Crippen LogP contribution in [0.1, 0.15) is 18.5 Å². The summed E-state index contributed by atoms with van der Waals surface area (Å²) >= 11 is 11.8. The molecule has 15 heavy (non-hydrogen) atoms. The lowest BCUT2D eigenvalue weighted by Gasteiger charge is -2.15. The predicted octanol–water partition coefficient (Wildman–Crippen LogP) is 3.42. The molecule has 0 saturated heterocycles. The Balaban J connectivity index is 3.02. The molecule has 1 N–H and O–H groups in total. The first kappa shape index (κ1) is 12.3. The van der Waals surface area contributed by atoms with Crippen LogP contribution in [0.4, 0.5) is 4.39 Å². The second-order valence-corrected chi connectivity index (χ2v) is 3.85. The molecule has 1 unspecified atom stereocenters. The zero-order chi connectivity index (χ0) is 11.4.